The molecule has 0 aliphatic heterocycles. The molecule has 0 saturated heterocycles. The number of anilines is 1. The van der Waals surface area contributed by atoms with Gasteiger partial charge in [-0.3, -0.25) is 4.79 Å². The second-order valence-corrected chi connectivity index (χ2v) is 4.66. The minimum absolute atomic E-state index is 0.379. The summed E-state index contributed by atoms with van der Waals surface area (Å²) >= 11 is 5.93. The second-order valence-electron chi connectivity index (χ2n) is 4.23. The number of primary amides is 1. The van der Waals surface area contributed by atoms with E-state index in [0.29, 0.717) is 28.6 Å². The quantitative estimate of drug-likeness (QED) is 0.840. The van der Waals surface area contributed by atoms with Gasteiger partial charge in [0.05, 0.1) is 12.1 Å². The molecule has 8 heteroatoms. The van der Waals surface area contributed by atoms with E-state index in [1.807, 2.05) is 6.92 Å². The van der Waals surface area contributed by atoms with Crippen LogP contribution < -0.4 is 11.1 Å². The fraction of sp³-hybridized carbons (Fsp3) is 0.333. The highest BCUT2D eigenvalue weighted by Gasteiger charge is 2.10. The van der Waals surface area contributed by atoms with Crippen LogP contribution in [-0.4, -0.2) is 26.1 Å². The monoisotopic (exact) mass is 294 g/mol. The molecule has 0 unspecified atom stereocenters. The van der Waals surface area contributed by atoms with Crippen LogP contribution in [0.3, 0.4) is 0 Å². The number of benzene rings is 1. The number of carbonyl (C=O) groups is 1. The van der Waals surface area contributed by atoms with E-state index in [-0.39, 0.29) is 0 Å². The Hall–Kier alpha value is -2.15. The molecule has 3 N–H and O–H groups in total. The summed E-state index contributed by atoms with van der Waals surface area (Å²) in [6, 6.07) is 4.85. The minimum atomic E-state index is -0.516. The van der Waals surface area contributed by atoms with Crippen molar-refractivity contribution in [2.24, 2.45) is 5.73 Å². The van der Waals surface area contributed by atoms with E-state index < -0.39 is 5.91 Å². The lowest BCUT2D eigenvalue weighted by atomic mass is 10.1. The highest BCUT2D eigenvalue weighted by Crippen LogP contribution is 2.21. The maximum absolute atomic E-state index is 11.4. The Bertz CT molecular complexity index is 612. The zero-order valence-corrected chi connectivity index (χ0v) is 11.8. The number of hydrogen-bond acceptors (Lipinski definition) is 5. The number of rotatable bonds is 6. The summed E-state index contributed by atoms with van der Waals surface area (Å²) in [6.45, 7) is 3.16. The number of aryl methyl sites for hydroxylation is 1. The number of carbonyl (C=O) groups excluding carboxylic acids is 1. The van der Waals surface area contributed by atoms with Gasteiger partial charge in [-0.25, -0.2) is 4.68 Å². The lowest BCUT2D eigenvalue weighted by Gasteiger charge is -2.10. The van der Waals surface area contributed by atoms with Crippen molar-refractivity contribution in [3.05, 3.63) is 34.6 Å². The molecule has 20 heavy (non-hydrogen) atoms. The highest BCUT2D eigenvalue weighted by molar-refractivity contribution is 6.31. The summed E-state index contributed by atoms with van der Waals surface area (Å²) in [6.07, 6.45) is 0.932. The van der Waals surface area contributed by atoms with Crippen molar-refractivity contribution in [1.82, 2.24) is 20.2 Å². The van der Waals surface area contributed by atoms with Crippen LogP contribution in [0.15, 0.2) is 18.2 Å². The molecule has 0 saturated carbocycles. The van der Waals surface area contributed by atoms with Crippen molar-refractivity contribution in [2.75, 3.05) is 5.32 Å². The molecular weight excluding hydrogens is 280 g/mol. The van der Waals surface area contributed by atoms with Gasteiger partial charge in [-0.2, -0.15) is 0 Å². The van der Waals surface area contributed by atoms with Crippen LogP contribution in [0.25, 0.3) is 0 Å². The Balaban J connectivity index is 2.16. The molecule has 1 aromatic carbocycles. The number of nitrogens with one attached hydrogen (secondary N) is 1. The maximum atomic E-state index is 11.4. The first-order valence-electron chi connectivity index (χ1n) is 6.20. The number of halogens is 1. The van der Waals surface area contributed by atoms with Crippen molar-refractivity contribution < 1.29 is 4.79 Å². The molecule has 7 nitrogen and oxygen atoms in total. The van der Waals surface area contributed by atoms with Crippen molar-refractivity contribution in [2.45, 2.75) is 26.4 Å². The first-order chi connectivity index (χ1) is 9.61. The smallest absolute Gasteiger partial charge is 0.250 e. The van der Waals surface area contributed by atoms with Gasteiger partial charge in [0.1, 0.15) is 0 Å². The van der Waals surface area contributed by atoms with Gasteiger partial charge in [-0.15, -0.1) is 5.10 Å². The summed E-state index contributed by atoms with van der Waals surface area (Å²) in [5, 5.41) is 15.1. The van der Waals surface area contributed by atoms with E-state index in [0.717, 1.165) is 13.0 Å². The Morgan fingerprint density at radius 2 is 2.30 bits per heavy atom. The predicted octanol–water partition coefficient (Wildman–Crippen LogP) is 1.45. The molecule has 2 rings (SSSR count). The molecule has 0 radical (unpaired) electrons. The fourth-order valence-electron chi connectivity index (χ4n) is 1.79. The zero-order chi connectivity index (χ0) is 14.5. The Morgan fingerprint density at radius 3 is 3.00 bits per heavy atom. The largest absolute Gasteiger partial charge is 0.377 e. The van der Waals surface area contributed by atoms with Gasteiger partial charge in [-0.1, -0.05) is 18.5 Å². The summed E-state index contributed by atoms with van der Waals surface area (Å²) in [4.78, 5) is 11.4. The van der Waals surface area contributed by atoms with Gasteiger partial charge in [0.25, 0.3) is 5.91 Å². The normalized spacial score (nSPS) is 10.5. The molecular formula is C12H15ClN6O. The van der Waals surface area contributed by atoms with Gasteiger partial charge in [0.2, 0.25) is 0 Å². The number of aromatic nitrogens is 4. The predicted molar refractivity (Wildman–Crippen MR) is 75.4 cm³/mol. The van der Waals surface area contributed by atoms with Crippen molar-refractivity contribution in [3.8, 4) is 0 Å². The van der Waals surface area contributed by atoms with E-state index in [9.17, 15) is 4.79 Å². The molecule has 0 atom stereocenters. The summed E-state index contributed by atoms with van der Waals surface area (Å²) < 4.78 is 1.71. The van der Waals surface area contributed by atoms with Crippen LogP contribution in [-0.2, 0) is 13.1 Å². The second kappa shape index (κ2) is 6.33. The summed E-state index contributed by atoms with van der Waals surface area (Å²) in [7, 11) is 0. The molecule has 2 aromatic rings. The SMILES string of the molecule is CCCn1nnnc1CNc1cc(Cl)ccc1C(N)=O. The molecule has 1 aromatic heterocycles. The molecule has 0 aliphatic carbocycles. The summed E-state index contributed by atoms with van der Waals surface area (Å²) in [5.41, 5.74) is 6.27. The average Bonchev–Trinajstić information content (AvgIpc) is 2.84. The first-order valence-corrected chi connectivity index (χ1v) is 6.58. The molecule has 1 heterocycles. The Labute approximate surface area is 121 Å². The van der Waals surface area contributed by atoms with Crippen LogP contribution in [0.2, 0.25) is 5.02 Å². The van der Waals surface area contributed by atoms with E-state index in [1.165, 1.54) is 0 Å². The van der Waals surface area contributed by atoms with Gasteiger partial charge < -0.3 is 11.1 Å². The van der Waals surface area contributed by atoms with Gasteiger partial charge in [0, 0.05) is 17.3 Å². The molecule has 0 aliphatic rings. The van der Waals surface area contributed by atoms with Gasteiger partial charge in [-0.05, 0) is 35.0 Å². The van der Waals surface area contributed by atoms with Crippen molar-refractivity contribution >= 4 is 23.2 Å². The zero-order valence-electron chi connectivity index (χ0n) is 11.0. The van der Waals surface area contributed by atoms with Crippen LogP contribution in [0.4, 0.5) is 5.69 Å². The van der Waals surface area contributed by atoms with Crippen LogP contribution in [0.1, 0.15) is 29.5 Å². The minimum Gasteiger partial charge on any atom is -0.377 e. The van der Waals surface area contributed by atoms with Crippen molar-refractivity contribution in [3.63, 3.8) is 0 Å². The van der Waals surface area contributed by atoms with Gasteiger partial charge in [0.15, 0.2) is 5.82 Å². The Morgan fingerprint density at radius 1 is 1.50 bits per heavy atom. The van der Waals surface area contributed by atoms with Crippen molar-refractivity contribution in [1.29, 1.82) is 0 Å². The number of nitrogens with two attached hydrogens (primary N) is 1. The van der Waals surface area contributed by atoms with E-state index in [4.69, 9.17) is 17.3 Å². The van der Waals surface area contributed by atoms with Crippen LogP contribution in [0.5, 0.6) is 0 Å². The first kappa shape index (κ1) is 14.3. The van der Waals surface area contributed by atoms with Gasteiger partial charge >= 0.3 is 0 Å². The highest BCUT2D eigenvalue weighted by atomic mass is 35.5. The van der Waals surface area contributed by atoms with E-state index in [1.54, 1.807) is 22.9 Å². The third-order valence-electron chi connectivity index (χ3n) is 2.73. The third kappa shape index (κ3) is 3.24. The molecule has 1 amide bonds. The topological polar surface area (TPSA) is 98.7 Å². The number of amides is 1. The van der Waals surface area contributed by atoms with Crippen LogP contribution >= 0.6 is 11.6 Å². The van der Waals surface area contributed by atoms with E-state index in [2.05, 4.69) is 20.8 Å². The lowest BCUT2D eigenvalue weighted by Crippen LogP contribution is -2.16. The number of tetrazole rings is 1. The van der Waals surface area contributed by atoms with E-state index >= 15 is 0 Å². The number of nitrogens with zero attached hydrogens (tertiary/aromatic N) is 4. The lowest BCUT2D eigenvalue weighted by molar-refractivity contribution is 0.100. The average molecular weight is 295 g/mol. The van der Waals surface area contributed by atoms with Crippen LogP contribution in [0, 0.1) is 0 Å². The molecule has 106 valence electrons. The molecule has 0 spiro atoms. The maximum Gasteiger partial charge on any atom is 0.250 e. The summed E-state index contributed by atoms with van der Waals surface area (Å²) in [5.74, 6) is 0.166. The fourth-order valence-corrected chi connectivity index (χ4v) is 1.96. The standard InChI is InChI=1S/C12H15ClN6O/c1-2-5-19-11(16-17-18-19)7-15-10-6-8(13)3-4-9(10)12(14)20/h3-4,6,15H,2,5,7H2,1H3,(H2,14,20). The third-order valence-corrected chi connectivity index (χ3v) is 2.96. The number of hydrogen-bond donors (Lipinski definition) is 2. The molecule has 0 bridgehead atoms. The Kier molecular flexibility index (Phi) is 4.52. The molecule has 0 fully saturated rings.